The van der Waals surface area contributed by atoms with E-state index in [0.717, 1.165) is 42.0 Å². The molecular formula is C15H19N3O2. The van der Waals surface area contributed by atoms with E-state index in [1.54, 1.807) is 0 Å². The predicted octanol–water partition coefficient (Wildman–Crippen LogP) is 3.54. The van der Waals surface area contributed by atoms with Crippen molar-refractivity contribution in [3.63, 3.8) is 0 Å². The number of aromatic nitrogens is 3. The van der Waals surface area contributed by atoms with Crippen molar-refractivity contribution in [3.05, 3.63) is 22.7 Å². The third-order valence-electron chi connectivity index (χ3n) is 4.22. The molecule has 1 aliphatic rings. The molecule has 1 N–H and O–H groups in total. The van der Waals surface area contributed by atoms with Gasteiger partial charge in [-0.05, 0) is 32.3 Å². The third-order valence-corrected chi connectivity index (χ3v) is 4.22. The molecule has 1 saturated carbocycles. The predicted molar refractivity (Wildman–Crippen MR) is 74.8 cm³/mol. The Kier molecular flexibility index (Phi) is 3.42. The molecule has 106 valence electrons. The summed E-state index contributed by atoms with van der Waals surface area (Å²) in [6.45, 7) is 3.77. The van der Waals surface area contributed by atoms with Gasteiger partial charge in [-0.1, -0.05) is 19.3 Å². The van der Waals surface area contributed by atoms with Crippen LogP contribution in [0.2, 0.25) is 0 Å². The molecule has 1 fully saturated rings. The summed E-state index contributed by atoms with van der Waals surface area (Å²) in [7, 11) is 0. The number of aromatic amines is 1. The number of nitrogens with one attached hydrogen (secondary N) is 1. The summed E-state index contributed by atoms with van der Waals surface area (Å²) >= 11 is 0. The maximum atomic E-state index is 11.1. The van der Waals surface area contributed by atoms with E-state index in [9.17, 15) is 4.79 Å². The molecule has 0 saturated heterocycles. The zero-order chi connectivity index (χ0) is 14.1. The van der Waals surface area contributed by atoms with Gasteiger partial charge in [0, 0.05) is 17.2 Å². The van der Waals surface area contributed by atoms with E-state index >= 15 is 0 Å². The summed E-state index contributed by atoms with van der Waals surface area (Å²) in [6.07, 6.45) is 6.89. The first-order valence-corrected chi connectivity index (χ1v) is 7.19. The number of rotatable bonds is 3. The quantitative estimate of drug-likeness (QED) is 0.868. The zero-order valence-corrected chi connectivity index (χ0v) is 11.9. The van der Waals surface area contributed by atoms with Gasteiger partial charge in [-0.15, -0.1) is 10.2 Å². The maximum absolute atomic E-state index is 11.1. The second-order valence-corrected chi connectivity index (χ2v) is 5.56. The van der Waals surface area contributed by atoms with Gasteiger partial charge in [0.2, 0.25) is 5.89 Å². The van der Waals surface area contributed by atoms with Crippen LogP contribution in [-0.4, -0.2) is 21.5 Å². The normalized spacial score (nSPS) is 16.5. The molecule has 0 amide bonds. The minimum absolute atomic E-state index is 0.395. The first-order chi connectivity index (χ1) is 9.70. The summed E-state index contributed by atoms with van der Waals surface area (Å²) in [5.41, 5.74) is 3.15. The van der Waals surface area contributed by atoms with Gasteiger partial charge in [-0.3, -0.25) is 4.79 Å². The fourth-order valence-electron chi connectivity index (χ4n) is 3.01. The van der Waals surface area contributed by atoms with Gasteiger partial charge in [0.1, 0.15) is 5.69 Å². The molecule has 5 nitrogen and oxygen atoms in total. The third kappa shape index (κ3) is 2.17. The van der Waals surface area contributed by atoms with Crippen molar-refractivity contribution in [2.75, 3.05) is 0 Å². The lowest BCUT2D eigenvalue weighted by Gasteiger charge is -2.17. The second-order valence-electron chi connectivity index (χ2n) is 5.56. The fourth-order valence-corrected chi connectivity index (χ4v) is 3.01. The van der Waals surface area contributed by atoms with Crippen molar-refractivity contribution >= 4 is 6.29 Å². The largest absolute Gasteiger partial charge is 0.419 e. The van der Waals surface area contributed by atoms with Crippen LogP contribution in [0.3, 0.4) is 0 Å². The average molecular weight is 273 g/mol. The highest BCUT2D eigenvalue weighted by Gasteiger charge is 2.23. The van der Waals surface area contributed by atoms with Crippen molar-refractivity contribution in [1.29, 1.82) is 0 Å². The minimum Gasteiger partial charge on any atom is -0.419 e. The van der Waals surface area contributed by atoms with Gasteiger partial charge < -0.3 is 9.40 Å². The van der Waals surface area contributed by atoms with Crippen LogP contribution in [-0.2, 0) is 0 Å². The molecule has 0 aromatic carbocycles. The average Bonchev–Trinajstić information content (AvgIpc) is 3.05. The number of aldehydes is 1. The SMILES string of the molecule is Cc1[nH]c(-c2nnc(C3CCCCC3)o2)c(C)c1C=O. The molecule has 1 aliphatic carbocycles. The van der Waals surface area contributed by atoms with Crippen LogP contribution in [0.5, 0.6) is 0 Å². The molecule has 0 atom stereocenters. The molecule has 3 rings (SSSR count). The van der Waals surface area contributed by atoms with E-state index in [1.807, 2.05) is 13.8 Å². The number of carbonyl (C=O) groups is 1. The Morgan fingerprint density at radius 2 is 1.95 bits per heavy atom. The molecule has 5 heteroatoms. The highest BCUT2D eigenvalue weighted by molar-refractivity contribution is 5.82. The molecular weight excluding hydrogens is 254 g/mol. The van der Waals surface area contributed by atoms with E-state index in [4.69, 9.17) is 4.42 Å². The standard InChI is InChI=1S/C15H19N3O2/c1-9-12(8-19)10(2)16-13(9)15-18-17-14(20-15)11-6-4-3-5-7-11/h8,11,16H,3-7H2,1-2H3. The number of aryl methyl sites for hydroxylation is 1. The van der Waals surface area contributed by atoms with E-state index < -0.39 is 0 Å². The van der Waals surface area contributed by atoms with E-state index in [-0.39, 0.29) is 0 Å². The number of hydrogen-bond donors (Lipinski definition) is 1. The van der Waals surface area contributed by atoms with Crippen LogP contribution in [0.25, 0.3) is 11.6 Å². The summed E-state index contributed by atoms with van der Waals surface area (Å²) in [5, 5.41) is 8.34. The lowest BCUT2D eigenvalue weighted by molar-refractivity contribution is 0.112. The van der Waals surface area contributed by atoms with Gasteiger partial charge in [-0.2, -0.15) is 0 Å². The Bertz CT molecular complexity index is 621. The first kappa shape index (κ1) is 13.1. The molecule has 0 unspecified atom stereocenters. The summed E-state index contributed by atoms with van der Waals surface area (Å²) in [6, 6.07) is 0. The van der Waals surface area contributed by atoms with E-state index in [2.05, 4.69) is 15.2 Å². The molecule has 2 aromatic rings. The number of H-pyrrole nitrogens is 1. The van der Waals surface area contributed by atoms with E-state index in [1.165, 1.54) is 19.3 Å². The molecule has 0 bridgehead atoms. The Morgan fingerprint density at radius 1 is 1.20 bits per heavy atom. The van der Waals surface area contributed by atoms with Crippen molar-refractivity contribution in [2.24, 2.45) is 0 Å². The molecule has 0 aliphatic heterocycles. The van der Waals surface area contributed by atoms with Crippen LogP contribution >= 0.6 is 0 Å². The molecule has 0 radical (unpaired) electrons. The Balaban J connectivity index is 1.91. The minimum atomic E-state index is 0.395. The van der Waals surface area contributed by atoms with Gasteiger partial charge in [0.25, 0.3) is 5.89 Å². The van der Waals surface area contributed by atoms with E-state index in [0.29, 0.717) is 17.4 Å². The fraction of sp³-hybridized carbons (Fsp3) is 0.533. The van der Waals surface area contributed by atoms with Crippen LogP contribution < -0.4 is 0 Å². The van der Waals surface area contributed by atoms with Crippen molar-refractivity contribution in [3.8, 4) is 11.6 Å². The number of hydrogen-bond acceptors (Lipinski definition) is 4. The van der Waals surface area contributed by atoms with Crippen LogP contribution in [0.15, 0.2) is 4.42 Å². The number of nitrogens with zero attached hydrogens (tertiary/aromatic N) is 2. The highest BCUT2D eigenvalue weighted by Crippen LogP contribution is 2.33. The van der Waals surface area contributed by atoms with Gasteiger partial charge in [0.05, 0.1) is 0 Å². The summed E-state index contributed by atoms with van der Waals surface area (Å²) < 4.78 is 5.83. The Labute approximate surface area is 117 Å². The van der Waals surface area contributed by atoms with Crippen LogP contribution in [0.4, 0.5) is 0 Å². The van der Waals surface area contributed by atoms with Crippen molar-refractivity contribution in [1.82, 2.24) is 15.2 Å². The monoisotopic (exact) mass is 273 g/mol. The summed E-state index contributed by atoms with van der Waals surface area (Å²) in [5.74, 6) is 1.62. The second kappa shape index (κ2) is 5.23. The molecule has 2 aromatic heterocycles. The van der Waals surface area contributed by atoms with Gasteiger partial charge >= 0.3 is 0 Å². The molecule has 0 spiro atoms. The zero-order valence-electron chi connectivity index (χ0n) is 11.9. The van der Waals surface area contributed by atoms with Crippen LogP contribution in [0.1, 0.15) is 65.5 Å². The van der Waals surface area contributed by atoms with Crippen molar-refractivity contribution in [2.45, 2.75) is 51.9 Å². The lowest BCUT2D eigenvalue weighted by Crippen LogP contribution is -2.04. The highest BCUT2D eigenvalue weighted by atomic mass is 16.4. The summed E-state index contributed by atoms with van der Waals surface area (Å²) in [4.78, 5) is 14.2. The van der Waals surface area contributed by atoms with Gasteiger partial charge in [0.15, 0.2) is 6.29 Å². The maximum Gasteiger partial charge on any atom is 0.264 e. The smallest absolute Gasteiger partial charge is 0.264 e. The van der Waals surface area contributed by atoms with Crippen molar-refractivity contribution < 1.29 is 9.21 Å². The van der Waals surface area contributed by atoms with Crippen LogP contribution in [0, 0.1) is 13.8 Å². The molecule has 2 heterocycles. The Hall–Kier alpha value is -1.91. The first-order valence-electron chi connectivity index (χ1n) is 7.19. The number of carbonyl (C=O) groups excluding carboxylic acids is 1. The van der Waals surface area contributed by atoms with Gasteiger partial charge in [-0.25, -0.2) is 0 Å². The topological polar surface area (TPSA) is 71.8 Å². The molecule has 20 heavy (non-hydrogen) atoms. The Morgan fingerprint density at radius 3 is 2.60 bits per heavy atom. The lowest BCUT2D eigenvalue weighted by atomic mass is 9.89.